The topological polar surface area (TPSA) is 97.7 Å². The molecule has 8 nitrogen and oxygen atoms in total. The Bertz CT molecular complexity index is 1400. The summed E-state index contributed by atoms with van der Waals surface area (Å²) in [6.45, 7) is 2.50. The summed E-state index contributed by atoms with van der Waals surface area (Å²) in [5.74, 6) is 0.345. The standard InChI is InChI=1S/C28H25ClN2O6S/c1-4-37-25-22(29)13-18(14-23(25)36-3)15-24-26(32)31(16-17-5-7-19(8-6-17)27(33)34)28(38-24)30-20-9-11-21(35-2)12-10-20/h5-15H,4,16H2,1-3H3,(H,33,34)/b24-15-,30-28?. The molecule has 0 saturated carbocycles. The van der Waals surface area contributed by atoms with E-state index in [4.69, 9.17) is 30.8 Å². The Labute approximate surface area is 229 Å². The van der Waals surface area contributed by atoms with Gasteiger partial charge < -0.3 is 19.3 Å². The van der Waals surface area contributed by atoms with E-state index in [-0.39, 0.29) is 18.0 Å². The molecule has 38 heavy (non-hydrogen) atoms. The number of hydrogen-bond donors (Lipinski definition) is 1. The fourth-order valence-electron chi connectivity index (χ4n) is 3.69. The van der Waals surface area contributed by atoms with Gasteiger partial charge >= 0.3 is 5.97 Å². The maximum atomic E-state index is 13.6. The predicted octanol–water partition coefficient (Wildman–Crippen LogP) is 6.26. The zero-order valence-corrected chi connectivity index (χ0v) is 22.5. The maximum Gasteiger partial charge on any atom is 0.335 e. The van der Waals surface area contributed by atoms with Crippen LogP contribution in [0.25, 0.3) is 6.08 Å². The molecule has 1 fully saturated rings. The quantitative estimate of drug-likeness (QED) is 0.313. The van der Waals surface area contributed by atoms with Gasteiger partial charge in [0.05, 0.1) is 48.5 Å². The zero-order valence-electron chi connectivity index (χ0n) is 20.9. The van der Waals surface area contributed by atoms with Crippen molar-refractivity contribution in [2.24, 2.45) is 4.99 Å². The van der Waals surface area contributed by atoms with Crippen molar-refractivity contribution in [3.63, 3.8) is 0 Å². The molecular formula is C28H25ClN2O6S. The molecule has 1 N–H and O–H groups in total. The van der Waals surface area contributed by atoms with Crippen molar-refractivity contribution >= 4 is 52.2 Å². The van der Waals surface area contributed by atoms with E-state index in [1.54, 1.807) is 66.6 Å². The van der Waals surface area contributed by atoms with Crippen LogP contribution < -0.4 is 14.2 Å². The molecule has 4 rings (SSSR count). The lowest BCUT2D eigenvalue weighted by atomic mass is 10.1. The summed E-state index contributed by atoms with van der Waals surface area (Å²) in [5.41, 5.74) is 2.25. The second-order valence-corrected chi connectivity index (χ2v) is 9.48. The van der Waals surface area contributed by atoms with Crippen LogP contribution in [0.1, 0.15) is 28.4 Å². The molecular weight excluding hydrogens is 528 g/mol. The summed E-state index contributed by atoms with van der Waals surface area (Å²) in [7, 11) is 3.11. The number of amides is 1. The molecule has 3 aromatic rings. The van der Waals surface area contributed by atoms with Gasteiger partial charge in [-0.2, -0.15) is 0 Å². The molecule has 1 amide bonds. The number of thioether (sulfide) groups is 1. The summed E-state index contributed by atoms with van der Waals surface area (Å²) < 4.78 is 16.2. The largest absolute Gasteiger partial charge is 0.497 e. The number of aromatic carboxylic acids is 1. The number of carbonyl (C=O) groups is 2. The first-order valence-electron chi connectivity index (χ1n) is 11.6. The van der Waals surface area contributed by atoms with Crippen LogP contribution in [0.2, 0.25) is 5.02 Å². The summed E-state index contributed by atoms with van der Waals surface area (Å²) in [6, 6.07) is 17.0. The van der Waals surface area contributed by atoms with Gasteiger partial charge in [-0.05, 0) is 84.4 Å². The number of carboxylic acids is 1. The number of nitrogens with zero attached hydrogens (tertiary/aromatic N) is 2. The molecule has 0 aromatic heterocycles. The smallest absolute Gasteiger partial charge is 0.335 e. The van der Waals surface area contributed by atoms with Crippen molar-refractivity contribution in [1.29, 1.82) is 0 Å². The highest BCUT2D eigenvalue weighted by molar-refractivity contribution is 8.18. The van der Waals surface area contributed by atoms with Crippen LogP contribution >= 0.6 is 23.4 Å². The lowest BCUT2D eigenvalue weighted by Crippen LogP contribution is -2.28. The number of ether oxygens (including phenoxy) is 3. The summed E-state index contributed by atoms with van der Waals surface area (Å²) in [5, 5.41) is 10.1. The van der Waals surface area contributed by atoms with E-state index in [1.807, 2.05) is 6.92 Å². The number of carbonyl (C=O) groups excluding carboxylic acids is 1. The highest BCUT2D eigenvalue weighted by Gasteiger charge is 2.33. The Morgan fingerprint density at radius 3 is 2.39 bits per heavy atom. The Morgan fingerprint density at radius 1 is 1.08 bits per heavy atom. The Balaban J connectivity index is 1.70. The molecule has 1 aliphatic heterocycles. The summed E-state index contributed by atoms with van der Waals surface area (Å²) in [6.07, 6.45) is 1.73. The van der Waals surface area contributed by atoms with Crippen molar-refractivity contribution in [1.82, 2.24) is 4.90 Å². The van der Waals surface area contributed by atoms with Crippen molar-refractivity contribution < 1.29 is 28.9 Å². The Hall–Kier alpha value is -3.95. The summed E-state index contributed by atoms with van der Waals surface area (Å²) in [4.78, 5) is 31.5. The van der Waals surface area contributed by atoms with Gasteiger partial charge in [0.25, 0.3) is 5.91 Å². The minimum atomic E-state index is -1.01. The third kappa shape index (κ3) is 6.12. The van der Waals surface area contributed by atoms with Gasteiger partial charge in [-0.15, -0.1) is 0 Å². The second-order valence-electron chi connectivity index (χ2n) is 8.06. The van der Waals surface area contributed by atoms with E-state index in [0.717, 1.165) is 5.56 Å². The molecule has 0 atom stereocenters. The molecule has 196 valence electrons. The van der Waals surface area contributed by atoms with E-state index in [2.05, 4.69) is 0 Å². The number of benzene rings is 3. The molecule has 0 aliphatic carbocycles. The first kappa shape index (κ1) is 27.1. The number of hydrogen-bond acceptors (Lipinski definition) is 7. The van der Waals surface area contributed by atoms with Gasteiger partial charge in [-0.1, -0.05) is 23.7 Å². The molecule has 1 heterocycles. The lowest BCUT2D eigenvalue weighted by Gasteiger charge is -2.16. The van der Waals surface area contributed by atoms with E-state index in [9.17, 15) is 14.7 Å². The molecule has 1 saturated heterocycles. The average molecular weight is 553 g/mol. The van der Waals surface area contributed by atoms with Crippen molar-refractivity contribution in [3.8, 4) is 17.2 Å². The number of amidine groups is 1. The van der Waals surface area contributed by atoms with E-state index < -0.39 is 5.97 Å². The maximum absolute atomic E-state index is 13.6. The lowest BCUT2D eigenvalue weighted by molar-refractivity contribution is -0.122. The van der Waals surface area contributed by atoms with Gasteiger partial charge in [-0.25, -0.2) is 9.79 Å². The SMILES string of the molecule is CCOc1c(Cl)cc(/C=C2\SC(=Nc3ccc(OC)cc3)N(Cc3ccc(C(=O)O)cc3)C2=O)cc1OC. The number of carboxylic acid groups (broad SMARTS) is 1. The van der Waals surface area contributed by atoms with Crippen LogP contribution in [0.15, 0.2) is 70.6 Å². The van der Waals surface area contributed by atoms with Crippen LogP contribution in [0, 0.1) is 0 Å². The fourth-order valence-corrected chi connectivity index (χ4v) is 4.96. The Morgan fingerprint density at radius 2 is 1.79 bits per heavy atom. The van der Waals surface area contributed by atoms with Crippen molar-refractivity contribution in [3.05, 3.63) is 87.3 Å². The molecule has 0 unspecified atom stereocenters. The van der Waals surface area contributed by atoms with Crippen molar-refractivity contribution in [2.75, 3.05) is 20.8 Å². The van der Waals surface area contributed by atoms with Gasteiger partial charge in [-0.3, -0.25) is 9.69 Å². The normalized spacial score (nSPS) is 15.3. The summed E-state index contributed by atoms with van der Waals surface area (Å²) >= 11 is 7.67. The minimum Gasteiger partial charge on any atom is -0.497 e. The Kier molecular flexibility index (Phi) is 8.60. The van der Waals surface area contributed by atoms with E-state index in [1.165, 1.54) is 31.0 Å². The minimum absolute atomic E-state index is 0.171. The van der Waals surface area contributed by atoms with Gasteiger partial charge in [0.2, 0.25) is 0 Å². The van der Waals surface area contributed by atoms with Gasteiger partial charge in [0, 0.05) is 0 Å². The second kappa shape index (κ2) is 12.1. The number of aliphatic imine (C=N–C) groups is 1. The van der Waals surface area contributed by atoms with Crippen LogP contribution in [0.3, 0.4) is 0 Å². The van der Waals surface area contributed by atoms with Gasteiger partial charge in [0.1, 0.15) is 5.75 Å². The molecule has 0 spiro atoms. The van der Waals surface area contributed by atoms with E-state index >= 15 is 0 Å². The third-order valence-electron chi connectivity index (χ3n) is 5.57. The third-order valence-corrected chi connectivity index (χ3v) is 6.85. The molecule has 3 aromatic carbocycles. The van der Waals surface area contributed by atoms with Gasteiger partial charge in [0.15, 0.2) is 16.7 Å². The van der Waals surface area contributed by atoms with Crippen molar-refractivity contribution in [2.45, 2.75) is 13.5 Å². The van der Waals surface area contributed by atoms with Crippen LogP contribution in [0.4, 0.5) is 5.69 Å². The number of methoxy groups -OCH3 is 2. The first-order chi connectivity index (χ1) is 18.3. The van der Waals surface area contributed by atoms with E-state index in [0.29, 0.717) is 50.2 Å². The molecule has 10 heteroatoms. The number of rotatable bonds is 9. The fraction of sp³-hybridized carbons (Fsp3) is 0.179. The molecule has 1 aliphatic rings. The van der Waals surface area contributed by atoms with Crippen LogP contribution in [-0.4, -0.2) is 47.9 Å². The zero-order chi connectivity index (χ0) is 27.2. The van der Waals surface area contributed by atoms with Crippen LogP contribution in [-0.2, 0) is 11.3 Å². The monoisotopic (exact) mass is 552 g/mol. The average Bonchev–Trinajstić information content (AvgIpc) is 3.19. The molecule has 0 bridgehead atoms. The predicted molar refractivity (Wildman–Crippen MR) is 149 cm³/mol. The molecule has 0 radical (unpaired) electrons. The van der Waals surface area contributed by atoms with Crippen LogP contribution in [0.5, 0.6) is 17.2 Å². The number of halogens is 1. The first-order valence-corrected chi connectivity index (χ1v) is 12.8. The highest BCUT2D eigenvalue weighted by Crippen LogP contribution is 2.40. The highest BCUT2D eigenvalue weighted by atomic mass is 35.5.